The third kappa shape index (κ3) is 5.35. The highest BCUT2D eigenvalue weighted by molar-refractivity contribution is 6.33. The summed E-state index contributed by atoms with van der Waals surface area (Å²) in [6, 6.07) is 6.74. The number of amides is 2. The van der Waals surface area contributed by atoms with Gasteiger partial charge in [0.1, 0.15) is 6.04 Å². The maximum Gasteiger partial charge on any atom is 0.303 e. The molecule has 1 heterocycles. The van der Waals surface area contributed by atoms with Gasteiger partial charge in [-0.1, -0.05) is 23.7 Å². The Hall–Kier alpha value is -2.28. The van der Waals surface area contributed by atoms with Crippen LogP contribution >= 0.6 is 11.6 Å². The average Bonchev–Trinajstić information content (AvgIpc) is 2.58. The molecule has 0 bridgehead atoms. The van der Waals surface area contributed by atoms with Gasteiger partial charge in [0, 0.05) is 39.5 Å². The van der Waals surface area contributed by atoms with Crippen molar-refractivity contribution in [3.05, 3.63) is 29.3 Å². The maximum absolute atomic E-state index is 12.6. The van der Waals surface area contributed by atoms with E-state index >= 15 is 0 Å². The fourth-order valence-electron chi connectivity index (χ4n) is 2.87. The number of nitrogens with zero attached hydrogens (tertiary/aromatic N) is 2. The second-order valence-electron chi connectivity index (χ2n) is 5.95. The molecular weight excluding hydrogens is 346 g/mol. The van der Waals surface area contributed by atoms with E-state index in [0.29, 0.717) is 31.2 Å². The van der Waals surface area contributed by atoms with Gasteiger partial charge < -0.3 is 20.2 Å². The Bertz CT molecular complexity index is 645. The molecule has 25 heavy (non-hydrogen) atoms. The number of anilines is 1. The van der Waals surface area contributed by atoms with Gasteiger partial charge in [0.2, 0.25) is 11.8 Å². The lowest BCUT2D eigenvalue weighted by molar-refractivity contribution is -0.139. The van der Waals surface area contributed by atoms with Gasteiger partial charge in [0.25, 0.3) is 0 Å². The Morgan fingerprint density at radius 3 is 2.40 bits per heavy atom. The van der Waals surface area contributed by atoms with Crippen LogP contribution in [0.15, 0.2) is 24.3 Å². The van der Waals surface area contributed by atoms with Crippen LogP contribution in [0.1, 0.15) is 19.8 Å². The molecule has 0 saturated carbocycles. The van der Waals surface area contributed by atoms with E-state index in [1.165, 1.54) is 6.92 Å². The molecule has 1 aliphatic heterocycles. The number of hydrogen-bond acceptors (Lipinski definition) is 4. The number of piperazine rings is 1. The molecule has 0 spiro atoms. The maximum atomic E-state index is 12.6. The molecule has 1 aromatic rings. The van der Waals surface area contributed by atoms with E-state index in [0.717, 1.165) is 5.69 Å². The van der Waals surface area contributed by atoms with Crippen molar-refractivity contribution in [2.45, 2.75) is 25.8 Å². The zero-order chi connectivity index (χ0) is 18.4. The first-order valence-corrected chi connectivity index (χ1v) is 8.53. The molecule has 0 unspecified atom stereocenters. The molecule has 2 N–H and O–H groups in total. The Balaban J connectivity index is 1.97. The molecule has 1 saturated heterocycles. The fraction of sp³-hybridized carbons (Fsp3) is 0.471. The zero-order valence-electron chi connectivity index (χ0n) is 14.1. The second kappa shape index (κ2) is 8.71. The summed E-state index contributed by atoms with van der Waals surface area (Å²) in [6.07, 6.45) is -0.0885. The van der Waals surface area contributed by atoms with Gasteiger partial charge in [-0.3, -0.25) is 14.4 Å². The van der Waals surface area contributed by atoms with Gasteiger partial charge in [-0.05, 0) is 18.6 Å². The van der Waals surface area contributed by atoms with Gasteiger partial charge in [-0.25, -0.2) is 0 Å². The topological polar surface area (TPSA) is 89.9 Å². The molecule has 1 fully saturated rings. The second-order valence-corrected chi connectivity index (χ2v) is 6.36. The Labute approximate surface area is 151 Å². The summed E-state index contributed by atoms with van der Waals surface area (Å²) < 4.78 is 0. The van der Waals surface area contributed by atoms with Crippen LogP contribution in [0, 0.1) is 0 Å². The molecular formula is C17H22ClN3O4. The van der Waals surface area contributed by atoms with Crippen LogP contribution in [0.3, 0.4) is 0 Å². The SMILES string of the molecule is CC(=O)N[C@@H](CCC(=O)O)C(=O)N1CCN(c2ccccc2Cl)CC1. The van der Waals surface area contributed by atoms with Gasteiger partial charge in [0.15, 0.2) is 0 Å². The summed E-state index contributed by atoms with van der Waals surface area (Å²) in [5.74, 6) is -1.58. The molecule has 7 nitrogen and oxygen atoms in total. The van der Waals surface area contributed by atoms with Crippen LogP contribution in [0.2, 0.25) is 5.02 Å². The molecule has 0 aromatic heterocycles. The molecule has 136 valence electrons. The van der Waals surface area contributed by atoms with Gasteiger partial charge in [0.05, 0.1) is 10.7 Å². The number of carbonyl (C=O) groups is 3. The van der Waals surface area contributed by atoms with Gasteiger partial charge in [-0.2, -0.15) is 0 Å². The van der Waals surface area contributed by atoms with E-state index in [1.807, 2.05) is 24.3 Å². The van der Waals surface area contributed by atoms with Crippen LogP contribution in [0.25, 0.3) is 0 Å². The monoisotopic (exact) mass is 367 g/mol. The Morgan fingerprint density at radius 1 is 1.20 bits per heavy atom. The van der Waals surface area contributed by atoms with Gasteiger partial charge >= 0.3 is 5.97 Å². The molecule has 1 aliphatic rings. The molecule has 0 radical (unpaired) electrons. The molecule has 1 atom stereocenters. The lowest BCUT2D eigenvalue weighted by Gasteiger charge is -2.38. The molecule has 0 aliphatic carbocycles. The summed E-state index contributed by atoms with van der Waals surface area (Å²) in [4.78, 5) is 38.5. The van der Waals surface area contributed by atoms with Crippen molar-refractivity contribution in [3.63, 3.8) is 0 Å². The van der Waals surface area contributed by atoms with Crippen molar-refractivity contribution in [1.82, 2.24) is 10.2 Å². The minimum Gasteiger partial charge on any atom is -0.481 e. The van der Waals surface area contributed by atoms with E-state index in [9.17, 15) is 14.4 Å². The predicted molar refractivity (Wildman–Crippen MR) is 94.7 cm³/mol. The van der Waals surface area contributed by atoms with Crippen LogP contribution in [-0.2, 0) is 14.4 Å². The van der Waals surface area contributed by atoms with Crippen LogP contribution in [0.4, 0.5) is 5.69 Å². The Kier molecular flexibility index (Phi) is 6.64. The predicted octanol–water partition coefficient (Wildman–Crippen LogP) is 1.36. The number of rotatable bonds is 6. The number of hydrogen-bond donors (Lipinski definition) is 2. The van der Waals surface area contributed by atoms with Crippen molar-refractivity contribution in [2.24, 2.45) is 0 Å². The third-order valence-electron chi connectivity index (χ3n) is 4.11. The van der Waals surface area contributed by atoms with Crippen molar-refractivity contribution in [1.29, 1.82) is 0 Å². The highest BCUT2D eigenvalue weighted by atomic mass is 35.5. The minimum atomic E-state index is -0.994. The largest absolute Gasteiger partial charge is 0.481 e. The number of benzene rings is 1. The smallest absolute Gasteiger partial charge is 0.303 e. The lowest BCUT2D eigenvalue weighted by atomic mass is 10.1. The number of halogens is 1. The van der Waals surface area contributed by atoms with Gasteiger partial charge in [-0.15, -0.1) is 0 Å². The number of para-hydroxylation sites is 1. The van der Waals surface area contributed by atoms with E-state index in [2.05, 4.69) is 10.2 Å². The summed E-state index contributed by atoms with van der Waals surface area (Å²) in [6.45, 7) is 3.55. The first kappa shape index (κ1) is 19.1. The van der Waals surface area contributed by atoms with E-state index in [4.69, 9.17) is 16.7 Å². The number of carboxylic acid groups (broad SMARTS) is 1. The number of carbonyl (C=O) groups excluding carboxylic acids is 2. The normalized spacial score (nSPS) is 15.6. The third-order valence-corrected chi connectivity index (χ3v) is 4.43. The first-order valence-electron chi connectivity index (χ1n) is 8.15. The number of aliphatic carboxylic acids is 1. The zero-order valence-corrected chi connectivity index (χ0v) is 14.8. The number of carboxylic acids is 1. The summed E-state index contributed by atoms with van der Waals surface area (Å²) in [5, 5.41) is 12.0. The summed E-state index contributed by atoms with van der Waals surface area (Å²) >= 11 is 6.21. The minimum absolute atomic E-state index is 0.0818. The highest BCUT2D eigenvalue weighted by Crippen LogP contribution is 2.26. The fourth-order valence-corrected chi connectivity index (χ4v) is 3.12. The average molecular weight is 368 g/mol. The first-order chi connectivity index (χ1) is 11.9. The van der Waals surface area contributed by atoms with Crippen molar-refractivity contribution in [2.75, 3.05) is 31.1 Å². The van der Waals surface area contributed by atoms with Crippen molar-refractivity contribution >= 4 is 35.1 Å². The highest BCUT2D eigenvalue weighted by Gasteiger charge is 2.28. The summed E-state index contributed by atoms with van der Waals surface area (Å²) in [7, 11) is 0. The van der Waals surface area contributed by atoms with Crippen molar-refractivity contribution < 1.29 is 19.5 Å². The van der Waals surface area contributed by atoms with Crippen LogP contribution in [0.5, 0.6) is 0 Å². The molecule has 2 rings (SSSR count). The Morgan fingerprint density at radius 2 is 1.84 bits per heavy atom. The molecule has 8 heteroatoms. The molecule has 2 amide bonds. The van der Waals surface area contributed by atoms with E-state index in [-0.39, 0.29) is 24.7 Å². The van der Waals surface area contributed by atoms with Crippen LogP contribution in [-0.4, -0.2) is 60.0 Å². The standard InChI is InChI=1S/C17H22ClN3O4/c1-12(22)19-14(6-7-16(23)24)17(25)21-10-8-20(9-11-21)15-5-3-2-4-13(15)18/h2-5,14H,6-11H2,1H3,(H,19,22)(H,23,24)/t14-/m0/s1. The lowest BCUT2D eigenvalue weighted by Crippen LogP contribution is -2.55. The molecule has 1 aromatic carbocycles. The van der Waals surface area contributed by atoms with Crippen molar-refractivity contribution in [3.8, 4) is 0 Å². The van der Waals surface area contributed by atoms with E-state index < -0.39 is 12.0 Å². The van der Waals surface area contributed by atoms with E-state index in [1.54, 1.807) is 4.90 Å². The van der Waals surface area contributed by atoms with Crippen LogP contribution < -0.4 is 10.2 Å². The quantitative estimate of drug-likeness (QED) is 0.792. The summed E-state index contributed by atoms with van der Waals surface area (Å²) in [5.41, 5.74) is 0.931. The number of nitrogens with one attached hydrogen (secondary N) is 1.